The van der Waals surface area contributed by atoms with Crippen LogP contribution in [0.15, 0.2) is 50.8 Å². The van der Waals surface area contributed by atoms with Crippen molar-refractivity contribution in [2.24, 2.45) is 5.10 Å². The standard InChI is InChI=1S/C21H22BrN3O2/c1-5-13(2)20-24-18-8-7-16(22)11-17(18)21(26)25(20)23-12-15-6-9-19(27-4)14(3)10-15/h6-13H,5H2,1-4H3/t13-/m1/s1. The van der Waals surface area contributed by atoms with Crippen molar-refractivity contribution in [3.05, 3.63) is 68.2 Å². The fourth-order valence-electron chi connectivity index (χ4n) is 2.89. The molecule has 1 atom stereocenters. The Morgan fingerprint density at radius 3 is 2.74 bits per heavy atom. The summed E-state index contributed by atoms with van der Waals surface area (Å²) in [4.78, 5) is 17.8. The number of halogens is 1. The number of methoxy groups -OCH3 is 1. The molecule has 0 saturated heterocycles. The Balaban J connectivity index is 2.15. The molecule has 6 heteroatoms. The third-order valence-corrected chi connectivity index (χ3v) is 5.12. The molecule has 0 aliphatic rings. The van der Waals surface area contributed by atoms with Gasteiger partial charge in [0, 0.05) is 10.4 Å². The number of benzene rings is 2. The summed E-state index contributed by atoms with van der Waals surface area (Å²) in [5, 5.41) is 5.02. The molecular weight excluding hydrogens is 406 g/mol. The Kier molecular flexibility index (Phi) is 5.75. The van der Waals surface area contributed by atoms with Crippen LogP contribution in [0.1, 0.15) is 43.1 Å². The predicted molar refractivity (Wildman–Crippen MR) is 113 cm³/mol. The van der Waals surface area contributed by atoms with Crippen LogP contribution in [0.5, 0.6) is 5.75 Å². The first kappa shape index (κ1) is 19.3. The zero-order valence-electron chi connectivity index (χ0n) is 15.9. The van der Waals surface area contributed by atoms with Crippen LogP contribution < -0.4 is 10.3 Å². The number of hydrogen-bond acceptors (Lipinski definition) is 4. The lowest BCUT2D eigenvalue weighted by Crippen LogP contribution is -2.23. The first-order valence-electron chi connectivity index (χ1n) is 8.85. The van der Waals surface area contributed by atoms with Crippen molar-refractivity contribution in [1.29, 1.82) is 0 Å². The molecule has 0 saturated carbocycles. The van der Waals surface area contributed by atoms with Crippen molar-refractivity contribution in [3.8, 4) is 5.75 Å². The Morgan fingerprint density at radius 2 is 2.07 bits per heavy atom. The zero-order chi connectivity index (χ0) is 19.6. The third-order valence-electron chi connectivity index (χ3n) is 4.63. The molecule has 1 heterocycles. The summed E-state index contributed by atoms with van der Waals surface area (Å²) in [5.41, 5.74) is 2.42. The normalized spacial score (nSPS) is 12.6. The van der Waals surface area contributed by atoms with Crippen LogP contribution in [0, 0.1) is 6.92 Å². The van der Waals surface area contributed by atoms with Gasteiger partial charge in [-0.1, -0.05) is 29.8 Å². The average Bonchev–Trinajstić information content (AvgIpc) is 2.67. The van der Waals surface area contributed by atoms with Crippen LogP contribution in [-0.2, 0) is 0 Å². The van der Waals surface area contributed by atoms with Gasteiger partial charge in [-0.3, -0.25) is 4.79 Å². The van der Waals surface area contributed by atoms with Crippen LogP contribution >= 0.6 is 15.9 Å². The van der Waals surface area contributed by atoms with Crippen LogP contribution in [0.2, 0.25) is 0 Å². The second-order valence-corrected chi connectivity index (χ2v) is 7.45. The topological polar surface area (TPSA) is 56.5 Å². The van der Waals surface area contributed by atoms with Crippen molar-refractivity contribution < 1.29 is 4.74 Å². The van der Waals surface area contributed by atoms with Crippen molar-refractivity contribution in [3.63, 3.8) is 0 Å². The lowest BCUT2D eigenvalue weighted by Gasteiger charge is -2.14. The molecule has 0 fully saturated rings. The Hall–Kier alpha value is -2.47. The molecule has 5 nitrogen and oxygen atoms in total. The Bertz CT molecular complexity index is 1070. The number of fused-ring (bicyclic) bond motifs is 1. The summed E-state index contributed by atoms with van der Waals surface area (Å²) in [7, 11) is 1.65. The van der Waals surface area contributed by atoms with Crippen molar-refractivity contribution in [1.82, 2.24) is 9.66 Å². The van der Waals surface area contributed by atoms with E-state index in [1.807, 2.05) is 37.3 Å². The van der Waals surface area contributed by atoms with E-state index in [4.69, 9.17) is 9.72 Å². The predicted octanol–water partition coefficient (Wildman–Crippen LogP) is 4.87. The highest BCUT2D eigenvalue weighted by molar-refractivity contribution is 9.10. The van der Waals surface area contributed by atoms with Gasteiger partial charge >= 0.3 is 0 Å². The van der Waals surface area contributed by atoms with Gasteiger partial charge in [-0.15, -0.1) is 0 Å². The van der Waals surface area contributed by atoms with Gasteiger partial charge in [0.05, 0.1) is 24.2 Å². The van der Waals surface area contributed by atoms with Gasteiger partial charge in [0.2, 0.25) is 0 Å². The van der Waals surface area contributed by atoms with E-state index in [0.717, 1.165) is 27.8 Å². The largest absolute Gasteiger partial charge is 0.496 e. The van der Waals surface area contributed by atoms with E-state index in [0.29, 0.717) is 16.7 Å². The molecule has 0 N–H and O–H groups in total. The molecule has 0 amide bonds. The quantitative estimate of drug-likeness (QED) is 0.545. The lowest BCUT2D eigenvalue weighted by molar-refractivity contribution is 0.411. The van der Waals surface area contributed by atoms with Crippen molar-refractivity contribution in [2.45, 2.75) is 33.1 Å². The van der Waals surface area contributed by atoms with Gasteiger partial charge in [0.25, 0.3) is 5.56 Å². The molecule has 0 radical (unpaired) electrons. The maximum absolute atomic E-state index is 13.1. The first-order valence-corrected chi connectivity index (χ1v) is 9.65. The molecule has 0 spiro atoms. The minimum absolute atomic E-state index is 0.112. The molecular formula is C21H22BrN3O2. The minimum atomic E-state index is -0.168. The number of aryl methyl sites for hydroxylation is 1. The van der Waals surface area contributed by atoms with E-state index in [1.165, 1.54) is 4.68 Å². The van der Waals surface area contributed by atoms with E-state index >= 15 is 0 Å². The van der Waals surface area contributed by atoms with Gasteiger partial charge in [-0.25, -0.2) is 4.98 Å². The van der Waals surface area contributed by atoms with Crippen molar-refractivity contribution in [2.75, 3.05) is 7.11 Å². The monoisotopic (exact) mass is 427 g/mol. The molecule has 27 heavy (non-hydrogen) atoms. The lowest BCUT2D eigenvalue weighted by atomic mass is 10.1. The van der Waals surface area contributed by atoms with Crippen LogP contribution in [-0.4, -0.2) is 23.0 Å². The smallest absolute Gasteiger partial charge is 0.282 e. The second kappa shape index (κ2) is 8.05. The Morgan fingerprint density at radius 1 is 1.30 bits per heavy atom. The van der Waals surface area contributed by atoms with Crippen LogP contribution in [0.4, 0.5) is 0 Å². The maximum Gasteiger partial charge on any atom is 0.282 e. The maximum atomic E-state index is 13.1. The highest BCUT2D eigenvalue weighted by atomic mass is 79.9. The number of nitrogens with zero attached hydrogens (tertiary/aromatic N) is 3. The average molecular weight is 428 g/mol. The van der Waals surface area contributed by atoms with Gasteiger partial charge in [0.1, 0.15) is 11.6 Å². The molecule has 0 unspecified atom stereocenters. The van der Waals surface area contributed by atoms with Gasteiger partial charge in [-0.05, 0) is 60.9 Å². The number of aromatic nitrogens is 2. The molecule has 2 aromatic carbocycles. The summed E-state index contributed by atoms with van der Waals surface area (Å²) in [6, 6.07) is 11.3. The zero-order valence-corrected chi connectivity index (χ0v) is 17.4. The highest BCUT2D eigenvalue weighted by Crippen LogP contribution is 2.21. The fraction of sp³-hybridized carbons (Fsp3) is 0.286. The number of hydrogen-bond donors (Lipinski definition) is 0. The summed E-state index contributed by atoms with van der Waals surface area (Å²) in [5.74, 6) is 1.60. The van der Waals surface area contributed by atoms with E-state index in [2.05, 4.69) is 34.9 Å². The first-order chi connectivity index (χ1) is 12.9. The number of ether oxygens (including phenoxy) is 1. The second-order valence-electron chi connectivity index (χ2n) is 6.53. The molecule has 1 aromatic heterocycles. The molecule has 0 aliphatic carbocycles. The number of rotatable bonds is 5. The summed E-state index contributed by atoms with van der Waals surface area (Å²) < 4.78 is 7.55. The third kappa shape index (κ3) is 3.95. The van der Waals surface area contributed by atoms with E-state index in [9.17, 15) is 4.79 Å². The fourth-order valence-corrected chi connectivity index (χ4v) is 3.25. The van der Waals surface area contributed by atoms with Crippen LogP contribution in [0.25, 0.3) is 10.9 Å². The van der Waals surface area contributed by atoms with Crippen molar-refractivity contribution >= 4 is 33.0 Å². The molecule has 0 bridgehead atoms. The minimum Gasteiger partial charge on any atom is -0.496 e. The molecule has 140 valence electrons. The summed E-state index contributed by atoms with van der Waals surface area (Å²) >= 11 is 3.42. The highest BCUT2D eigenvalue weighted by Gasteiger charge is 2.15. The van der Waals surface area contributed by atoms with Crippen LogP contribution in [0.3, 0.4) is 0 Å². The van der Waals surface area contributed by atoms with Gasteiger partial charge in [0.15, 0.2) is 0 Å². The molecule has 0 aliphatic heterocycles. The van der Waals surface area contributed by atoms with Gasteiger partial charge in [-0.2, -0.15) is 9.78 Å². The summed E-state index contributed by atoms with van der Waals surface area (Å²) in [6.45, 7) is 6.10. The van der Waals surface area contributed by atoms with E-state index in [-0.39, 0.29) is 11.5 Å². The van der Waals surface area contributed by atoms with Gasteiger partial charge < -0.3 is 4.74 Å². The SMILES string of the molecule is CC[C@@H](C)c1nc2ccc(Br)cc2c(=O)n1N=Cc1ccc(OC)c(C)c1. The summed E-state index contributed by atoms with van der Waals surface area (Å²) in [6.07, 6.45) is 2.55. The van der Waals surface area contributed by atoms with E-state index in [1.54, 1.807) is 19.4 Å². The molecule has 3 aromatic rings. The Labute approximate surface area is 166 Å². The molecule has 3 rings (SSSR count). The van der Waals surface area contributed by atoms with E-state index < -0.39 is 0 Å².